The zero-order valence-corrected chi connectivity index (χ0v) is 14.3. The Morgan fingerprint density at radius 2 is 1.74 bits per heavy atom. The fraction of sp³-hybridized carbons (Fsp3) is 0.167. The van der Waals surface area contributed by atoms with Crippen LogP contribution in [0, 0.1) is 5.82 Å². The summed E-state index contributed by atoms with van der Waals surface area (Å²) < 4.78 is 19.5. The number of aromatic nitrogens is 1. The molecular weight excluding hydrogens is 359 g/mol. The maximum absolute atomic E-state index is 13.0. The summed E-state index contributed by atoms with van der Waals surface area (Å²) in [7, 11) is 2.04. The van der Waals surface area contributed by atoms with E-state index in [9.17, 15) is 4.39 Å². The van der Waals surface area contributed by atoms with Crippen molar-refractivity contribution < 1.29 is 8.81 Å². The van der Waals surface area contributed by atoms with Crippen LogP contribution >= 0.6 is 15.9 Å². The predicted octanol–water partition coefficient (Wildman–Crippen LogP) is 4.88. The third kappa shape index (κ3) is 4.27. The molecule has 118 valence electrons. The summed E-state index contributed by atoms with van der Waals surface area (Å²) in [6.45, 7) is 1.51. The lowest BCUT2D eigenvalue weighted by Gasteiger charge is -2.14. The first-order valence-electron chi connectivity index (χ1n) is 7.23. The van der Waals surface area contributed by atoms with Crippen LogP contribution in [-0.2, 0) is 13.1 Å². The number of benzene rings is 2. The van der Waals surface area contributed by atoms with Gasteiger partial charge in [-0.1, -0.05) is 28.1 Å². The smallest absolute Gasteiger partial charge is 0.226 e. The van der Waals surface area contributed by atoms with E-state index in [0.717, 1.165) is 22.3 Å². The van der Waals surface area contributed by atoms with Crippen LogP contribution in [-0.4, -0.2) is 16.9 Å². The summed E-state index contributed by atoms with van der Waals surface area (Å²) in [5.41, 5.74) is 2.86. The topological polar surface area (TPSA) is 29.3 Å². The van der Waals surface area contributed by atoms with E-state index in [1.54, 1.807) is 18.4 Å². The van der Waals surface area contributed by atoms with Crippen molar-refractivity contribution >= 4 is 15.9 Å². The van der Waals surface area contributed by atoms with Crippen LogP contribution in [0.4, 0.5) is 4.39 Å². The molecule has 1 aromatic heterocycles. The molecule has 0 N–H and O–H groups in total. The van der Waals surface area contributed by atoms with Crippen molar-refractivity contribution in [1.29, 1.82) is 0 Å². The highest BCUT2D eigenvalue weighted by atomic mass is 79.9. The summed E-state index contributed by atoms with van der Waals surface area (Å²) in [6.07, 6.45) is 1.65. The van der Waals surface area contributed by atoms with E-state index in [0.29, 0.717) is 12.4 Å². The van der Waals surface area contributed by atoms with E-state index in [2.05, 4.69) is 37.9 Å². The maximum Gasteiger partial charge on any atom is 0.226 e. The molecule has 0 saturated carbocycles. The zero-order chi connectivity index (χ0) is 16.2. The fourth-order valence-electron chi connectivity index (χ4n) is 2.34. The Balaban J connectivity index is 1.64. The van der Waals surface area contributed by atoms with Gasteiger partial charge in [-0.25, -0.2) is 9.37 Å². The number of halogens is 2. The van der Waals surface area contributed by atoms with Crippen LogP contribution in [0.3, 0.4) is 0 Å². The molecule has 0 bridgehead atoms. The summed E-state index contributed by atoms with van der Waals surface area (Å²) >= 11 is 3.44. The zero-order valence-electron chi connectivity index (χ0n) is 12.7. The van der Waals surface area contributed by atoms with Gasteiger partial charge < -0.3 is 4.42 Å². The van der Waals surface area contributed by atoms with Crippen molar-refractivity contribution in [2.75, 3.05) is 7.05 Å². The molecule has 3 nitrogen and oxygen atoms in total. The second kappa shape index (κ2) is 7.06. The molecule has 0 atom stereocenters. The molecule has 0 aliphatic rings. The number of rotatable bonds is 5. The molecule has 0 fully saturated rings. The van der Waals surface area contributed by atoms with Gasteiger partial charge in [-0.2, -0.15) is 0 Å². The van der Waals surface area contributed by atoms with E-state index in [-0.39, 0.29) is 5.82 Å². The first kappa shape index (κ1) is 15.9. The lowest BCUT2D eigenvalue weighted by molar-refractivity contribution is 0.315. The molecule has 2 aromatic carbocycles. The van der Waals surface area contributed by atoms with Crippen molar-refractivity contribution in [3.63, 3.8) is 0 Å². The fourth-order valence-corrected chi connectivity index (χ4v) is 2.60. The Kier molecular flexibility index (Phi) is 4.88. The van der Waals surface area contributed by atoms with Gasteiger partial charge in [0.1, 0.15) is 12.1 Å². The highest BCUT2D eigenvalue weighted by Gasteiger charge is 2.09. The molecule has 3 rings (SSSR count). The molecule has 3 aromatic rings. The number of nitrogens with zero attached hydrogens (tertiary/aromatic N) is 2. The second-order valence-electron chi connectivity index (χ2n) is 5.45. The molecule has 0 spiro atoms. The third-order valence-electron chi connectivity index (χ3n) is 3.44. The third-order valence-corrected chi connectivity index (χ3v) is 3.97. The Labute approximate surface area is 142 Å². The Bertz CT molecular complexity index is 768. The highest BCUT2D eigenvalue weighted by Crippen LogP contribution is 2.20. The predicted molar refractivity (Wildman–Crippen MR) is 91.2 cm³/mol. The van der Waals surface area contributed by atoms with E-state index >= 15 is 0 Å². The largest absolute Gasteiger partial charge is 0.444 e. The first-order chi connectivity index (χ1) is 11.1. The minimum Gasteiger partial charge on any atom is -0.444 e. The van der Waals surface area contributed by atoms with Gasteiger partial charge in [0.05, 0.1) is 5.69 Å². The van der Waals surface area contributed by atoms with Crippen LogP contribution in [0.1, 0.15) is 11.3 Å². The quantitative estimate of drug-likeness (QED) is 0.637. The second-order valence-corrected chi connectivity index (χ2v) is 6.37. The van der Waals surface area contributed by atoms with Crippen molar-refractivity contribution in [3.8, 4) is 11.5 Å². The monoisotopic (exact) mass is 374 g/mol. The van der Waals surface area contributed by atoms with Crippen LogP contribution < -0.4 is 0 Å². The van der Waals surface area contributed by atoms with Crippen LogP contribution in [0.2, 0.25) is 0 Å². The number of hydrogen-bond donors (Lipinski definition) is 0. The molecule has 0 amide bonds. The Morgan fingerprint density at radius 3 is 2.43 bits per heavy atom. The summed E-state index contributed by atoms with van der Waals surface area (Å²) in [6, 6.07) is 14.4. The van der Waals surface area contributed by atoms with E-state index in [4.69, 9.17) is 4.42 Å². The Morgan fingerprint density at radius 1 is 1.04 bits per heavy atom. The van der Waals surface area contributed by atoms with Gasteiger partial charge in [-0.3, -0.25) is 4.90 Å². The molecule has 5 heteroatoms. The normalized spacial score (nSPS) is 11.1. The molecule has 1 heterocycles. The van der Waals surface area contributed by atoms with Crippen molar-refractivity contribution in [2.45, 2.75) is 13.1 Å². The van der Waals surface area contributed by atoms with E-state index in [1.165, 1.54) is 17.7 Å². The van der Waals surface area contributed by atoms with Crippen LogP contribution in [0.5, 0.6) is 0 Å². The van der Waals surface area contributed by atoms with Crippen LogP contribution in [0.25, 0.3) is 11.5 Å². The van der Waals surface area contributed by atoms with Crippen molar-refractivity contribution in [3.05, 3.63) is 76.3 Å². The van der Waals surface area contributed by atoms with Crippen molar-refractivity contribution in [1.82, 2.24) is 9.88 Å². The van der Waals surface area contributed by atoms with Gasteiger partial charge in [0.2, 0.25) is 5.89 Å². The first-order valence-corrected chi connectivity index (χ1v) is 8.03. The van der Waals surface area contributed by atoms with Gasteiger partial charge in [-0.05, 0) is 49.0 Å². The maximum atomic E-state index is 13.0. The van der Waals surface area contributed by atoms with Gasteiger partial charge in [0.15, 0.2) is 0 Å². The lowest BCUT2D eigenvalue weighted by Crippen LogP contribution is -2.17. The average Bonchev–Trinajstić information content (AvgIpc) is 2.98. The molecule has 0 radical (unpaired) electrons. The molecule has 23 heavy (non-hydrogen) atoms. The van der Waals surface area contributed by atoms with Crippen LogP contribution in [0.15, 0.2) is 63.7 Å². The van der Waals surface area contributed by atoms with Crippen molar-refractivity contribution in [2.24, 2.45) is 0 Å². The average molecular weight is 375 g/mol. The molecule has 0 aliphatic heterocycles. The SMILES string of the molecule is CN(Cc1ccc(Br)cc1)Cc1coc(-c2ccc(F)cc2)n1. The highest BCUT2D eigenvalue weighted by molar-refractivity contribution is 9.10. The van der Waals surface area contributed by atoms with E-state index < -0.39 is 0 Å². The molecule has 0 saturated heterocycles. The van der Waals surface area contributed by atoms with E-state index in [1.807, 2.05) is 19.2 Å². The summed E-state index contributed by atoms with van der Waals surface area (Å²) in [5, 5.41) is 0. The Hall–Kier alpha value is -1.98. The molecule has 0 aliphatic carbocycles. The van der Waals surface area contributed by atoms with Gasteiger partial charge in [-0.15, -0.1) is 0 Å². The number of hydrogen-bond acceptors (Lipinski definition) is 3. The standard InChI is InChI=1S/C18H16BrFN2O/c1-22(10-13-2-6-15(19)7-3-13)11-17-12-23-18(21-17)14-4-8-16(20)9-5-14/h2-9,12H,10-11H2,1H3. The van der Waals surface area contributed by atoms with Gasteiger partial charge >= 0.3 is 0 Å². The molecule has 0 unspecified atom stereocenters. The molecular formula is C18H16BrFN2O. The van der Waals surface area contributed by atoms with Gasteiger partial charge in [0, 0.05) is 23.1 Å². The van der Waals surface area contributed by atoms with Gasteiger partial charge in [0.25, 0.3) is 0 Å². The lowest BCUT2D eigenvalue weighted by atomic mass is 10.2. The summed E-state index contributed by atoms with van der Waals surface area (Å²) in [4.78, 5) is 6.63. The number of oxazole rings is 1. The minimum atomic E-state index is -0.269. The summed E-state index contributed by atoms with van der Waals surface area (Å²) in [5.74, 6) is 0.242. The minimum absolute atomic E-state index is 0.269.